The molecule has 7 nitrogen and oxygen atoms in total. The van der Waals surface area contributed by atoms with Gasteiger partial charge in [-0.3, -0.25) is 9.20 Å². The quantitative estimate of drug-likeness (QED) is 0.386. The van der Waals surface area contributed by atoms with Crippen molar-refractivity contribution in [3.63, 3.8) is 0 Å². The number of carbonyl (C=O) groups is 1. The van der Waals surface area contributed by atoms with Crippen LogP contribution in [0.15, 0.2) is 46.2 Å². The number of anilines is 1. The maximum absolute atomic E-state index is 14.3. The van der Waals surface area contributed by atoms with Gasteiger partial charge < -0.3 is 10.1 Å². The Labute approximate surface area is 179 Å². The van der Waals surface area contributed by atoms with Crippen molar-refractivity contribution in [3.05, 3.63) is 64.8 Å². The summed E-state index contributed by atoms with van der Waals surface area (Å²) < 4.78 is 22.0. The molecule has 4 rings (SSSR count). The van der Waals surface area contributed by atoms with Crippen LogP contribution in [-0.2, 0) is 0 Å². The van der Waals surface area contributed by atoms with E-state index in [0.717, 1.165) is 4.21 Å². The van der Waals surface area contributed by atoms with Crippen LogP contribution in [-0.4, -0.2) is 38.9 Å². The van der Waals surface area contributed by atoms with Crippen LogP contribution < -0.4 is 10.1 Å². The zero-order chi connectivity index (χ0) is 21.1. The Kier molecular flexibility index (Phi) is 5.65. The molecule has 3 heterocycles. The Hall–Kier alpha value is -3.42. The molecule has 3 aromatic heterocycles. The smallest absolute Gasteiger partial charge is 0.256 e. The lowest BCUT2D eigenvalue weighted by atomic mass is 10.2. The molecule has 1 N–H and O–H groups in total. The van der Waals surface area contributed by atoms with Gasteiger partial charge in [0.2, 0.25) is 11.7 Å². The fourth-order valence-corrected chi connectivity index (χ4v) is 3.93. The number of hydrogen-bond acceptors (Lipinski definition) is 7. The first-order valence-electron chi connectivity index (χ1n) is 8.57. The number of nitrogens with one attached hydrogen (secondary N) is 1. The second-order valence-corrected chi connectivity index (χ2v) is 7.96. The predicted octanol–water partition coefficient (Wildman–Crippen LogP) is 3.71. The number of amides is 1. The Balaban J connectivity index is 1.60. The lowest BCUT2D eigenvalue weighted by Gasteiger charge is -2.05. The van der Waals surface area contributed by atoms with Crippen LogP contribution in [0.1, 0.15) is 21.7 Å². The number of nitrogens with zero attached hydrogens (tertiary/aromatic N) is 4. The molecule has 0 bridgehead atoms. The number of thiophene rings is 1. The van der Waals surface area contributed by atoms with Gasteiger partial charge in [0.1, 0.15) is 5.82 Å². The number of fused-ring (bicyclic) bond motifs is 1. The molecule has 0 atom stereocenters. The van der Waals surface area contributed by atoms with Gasteiger partial charge >= 0.3 is 0 Å². The van der Waals surface area contributed by atoms with E-state index in [1.165, 1.54) is 42.8 Å². The highest BCUT2D eigenvalue weighted by molar-refractivity contribution is 8.00. The highest BCUT2D eigenvalue weighted by Crippen LogP contribution is 2.25. The Morgan fingerprint density at radius 2 is 2.17 bits per heavy atom. The standard InChI is InChI=1S/C20H14FN5O2S2/c1-28-18-10-26-16(24-25-17(26)9-22-18)6-3-12-7-14(4-5-15(12)21)23-20(27)13-8-19(29-2)30-11-13/h4-5,7-11H,1-2H3,(H,23,27). The molecule has 150 valence electrons. The largest absolute Gasteiger partial charge is 0.480 e. The molecular weight excluding hydrogens is 425 g/mol. The molecule has 1 aromatic carbocycles. The van der Waals surface area contributed by atoms with Crippen LogP contribution in [0.2, 0.25) is 0 Å². The molecule has 0 spiro atoms. The van der Waals surface area contributed by atoms with E-state index in [-0.39, 0.29) is 11.5 Å². The number of hydrogen-bond donors (Lipinski definition) is 1. The molecule has 10 heteroatoms. The number of carbonyl (C=O) groups excluding carboxylic acids is 1. The van der Waals surface area contributed by atoms with Crippen LogP contribution >= 0.6 is 23.1 Å². The van der Waals surface area contributed by atoms with Gasteiger partial charge in [0.05, 0.1) is 34.8 Å². The van der Waals surface area contributed by atoms with Gasteiger partial charge in [-0.05, 0) is 36.4 Å². The van der Waals surface area contributed by atoms with E-state index in [2.05, 4.69) is 32.3 Å². The second kappa shape index (κ2) is 8.52. The summed E-state index contributed by atoms with van der Waals surface area (Å²) in [6.45, 7) is 0. The van der Waals surface area contributed by atoms with E-state index >= 15 is 0 Å². The van der Waals surface area contributed by atoms with E-state index in [1.807, 2.05) is 12.3 Å². The fraction of sp³-hybridized carbons (Fsp3) is 0.100. The number of rotatable bonds is 4. The molecule has 30 heavy (non-hydrogen) atoms. The van der Waals surface area contributed by atoms with Crippen molar-refractivity contribution in [2.24, 2.45) is 0 Å². The topological polar surface area (TPSA) is 81.4 Å². The van der Waals surface area contributed by atoms with E-state index in [4.69, 9.17) is 4.74 Å². The highest BCUT2D eigenvalue weighted by Gasteiger charge is 2.11. The number of methoxy groups -OCH3 is 1. The van der Waals surface area contributed by atoms with Crippen molar-refractivity contribution >= 4 is 40.3 Å². The average Bonchev–Trinajstić information content (AvgIpc) is 3.40. The van der Waals surface area contributed by atoms with Crippen molar-refractivity contribution in [1.29, 1.82) is 0 Å². The van der Waals surface area contributed by atoms with Crippen molar-refractivity contribution in [1.82, 2.24) is 19.6 Å². The summed E-state index contributed by atoms with van der Waals surface area (Å²) >= 11 is 3.07. The van der Waals surface area contributed by atoms with E-state index in [1.54, 1.807) is 27.7 Å². The summed E-state index contributed by atoms with van der Waals surface area (Å²) in [5.41, 5.74) is 1.61. The number of benzene rings is 1. The number of halogens is 1. The van der Waals surface area contributed by atoms with E-state index < -0.39 is 5.82 Å². The van der Waals surface area contributed by atoms with Crippen LogP contribution in [0.25, 0.3) is 5.65 Å². The maximum atomic E-state index is 14.3. The highest BCUT2D eigenvalue weighted by atomic mass is 32.2. The predicted molar refractivity (Wildman–Crippen MR) is 114 cm³/mol. The van der Waals surface area contributed by atoms with Crippen LogP contribution in [0.3, 0.4) is 0 Å². The van der Waals surface area contributed by atoms with Crippen LogP contribution in [0.5, 0.6) is 5.88 Å². The van der Waals surface area contributed by atoms with Crippen molar-refractivity contribution in [2.75, 3.05) is 18.7 Å². The molecule has 0 saturated heterocycles. The van der Waals surface area contributed by atoms with E-state index in [0.29, 0.717) is 28.6 Å². The Bertz CT molecular complexity index is 1310. The Morgan fingerprint density at radius 1 is 1.30 bits per heavy atom. The second-order valence-electron chi connectivity index (χ2n) is 5.94. The third kappa shape index (κ3) is 4.12. The third-order valence-corrected chi connectivity index (χ3v) is 6.08. The van der Waals surface area contributed by atoms with Crippen LogP contribution in [0.4, 0.5) is 10.1 Å². The number of ether oxygens (including phenoxy) is 1. The zero-order valence-electron chi connectivity index (χ0n) is 15.8. The minimum Gasteiger partial charge on any atom is -0.480 e. The summed E-state index contributed by atoms with van der Waals surface area (Å²) in [7, 11) is 1.50. The van der Waals surface area contributed by atoms with Crippen molar-refractivity contribution < 1.29 is 13.9 Å². The summed E-state index contributed by atoms with van der Waals surface area (Å²) in [6, 6.07) is 6.04. The lowest BCUT2D eigenvalue weighted by molar-refractivity contribution is 0.102. The molecular formula is C20H14FN5O2S2. The minimum absolute atomic E-state index is 0.126. The van der Waals surface area contributed by atoms with Gasteiger partial charge in [0, 0.05) is 11.1 Å². The molecule has 0 aliphatic rings. The van der Waals surface area contributed by atoms with Gasteiger partial charge in [-0.15, -0.1) is 33.3 Å². The van der Waals surface area contributed by atoms with Gasteiger partial charge in [-0.25, -0.2) is 9.37 Å². The first-order chi connectivity index (χ1) is 14.6. The Morgan fingerprint density at radius 3 is 2.93 bits per heavy atom. The monoisotopic (exact) mass is 439 g/mol. The zero-order valence-corrected chi connectivity index (χ0v) is 17.5. The van der Waals surface area contributed by atoms with Crippen molar-refractivity contribution in [3.8, 4) is 17.7 Å². The molecule has 0 saturated carbocycles. The minimum atomic E-state index is -0.506. The molecule has 1 amide bonds. The van der Waals surface area contributed by atoms with Gasteiger partial charge in [0.25, 0.3) is 5.91 Å². The fourth-order valence-electron chi connectivity index (χ4n) is 2.54. The summed E-state index contributed by atoms with van der Waals surface area (Å²) in [4.78, 5) is 16.5. The molecule has 0 aliphatic carbocycles. The SMILES string of the molecule is COc1cn2c(C#Cc3cc(NC(=O)c4csc(SC)c4)ccc3F)nnc2cn1. The van der Waals surface area contributed by atoms with E-state index in [9.17, 15) is 9.18 Å². The normalized spacial score (nSPS) is 10.5. The first kappa shape index (κ1) is 19.9. The third-order valence-electron chi connectivity index (χ3n) is 4.05. The molecule has 0 aliphatic heterocycles. The van der Waals surface area contributed by atoms with Crippen LogP contribution in [0, 0.1) is 17.7 Å². The molecule has 4 aromatic rings. The lowest BCUT2D eigenvalue weighted by Crippen LogP contribution is -2.11. The number of aromatic nitrogens is 4. The van der Waals surface area contributed by atoms with Crippen molar-refractivity contribution in [2.45, 2.75) is 4.21 Å². The van der Waals surface area contributed by atoms with Gasteiger partial charge in [-0.2, -0.15) is 0 Å². The molecule has 0 radical (unpaired) electrons. The average molecular weight is 439 g/mol. The summed E-state index contributed by atoms with van der Waals surface area (Å²) in [6.07, 6.45) is 5.04. The summed E-state index contributed by atoms with van der Waals surface area (Å²) in [5.74, 6) is 5.46. The maximum Gasteiger partial charge on any atom is 0.256 e. The first-order valence-corrected chi connectivity index (χ1v) is 10.7. The number of thioether (sulfide) groups is 1. The molecule has 0 unspecified atom stereocenters. The van der Waals surface area contributed by atoms with Gasteiger partial charge in [0.15, 0.2) is 5.65 Å². The molecule has 0 fully saturated rings. The summed E-state index contributed by atoms with van der Waals surface area (Å²) in [5, 5.41) is 12.5. The van der Waals surface area contributed by atoms with Gasteiger partial charge in [-0.1, -0.05) is 5.92 Å².